The third kappa shape index (κ3) is 5.28. The lowest BCUT2D eigenvalue weighted by molar-refractivity contribution is 0.627. The van der Waals surface area contributed by atoms with Crippen molar-refractivity contribution in [3.63, 3.8) is 0 Å². The number of aryl methyl sites for hydroxylation is 1. The fraction of sp³-hybridized carbons (Fsp3) is 0.632. The molecule has 0 aliphatic carbocycles. The van der Waals surface area contributed by atoms with Gasteiger partial charge in [-0.2, -0.15) is 0 Å². The molecule has 0 aliphatic heterocycles. The number of hydrogen-bond donors (Lipinski definition) is 2. The topological polar surface area (TPSA) is 24.1 Å². The van der Waals surface area contributed by atoms with Crippen LogP contribution in [0.3, 0.4) is 0 Å². The van der Waals surface area contributed by atoms with Crippen LogP contribution in [0.4, 0.5) is 5.69 Å². The van der Waals surface area contributed by atoms with E-state index < -0.39 is 0 Å². The van der Waals surface area contributed by atoms with Crippen LogP contribution in [0.15, 0.2) is 12.1 Å². The molecule has 1 aromatic carbocycles. The van der Waals surface area contributed by atoms with Crippen molar-refractivity contribution in [2.45, 2.75) is 66.7 Å². The van der Waals surface area contributed by atoms with E-state index in [1.54, 1.807) is 0 Å². The Kier molecular flexibility index (Phi) is 7.34. The summed E-state index contributed by atoms with van der Waals surface area (Å²) >= 11 is 5.49. The standard InChI is InChI=1S/C19H32N2S/c1-8-15-9-16(13(4)5)18(17(10-15)14(6)7)21-19(22)20-11-12(2)3/h9-10,12-14H,8,11H2,1-7H3,(H2,20,21,22). The molecule has 0 amide bonds. The first-order chi connectivity index (χ1) is 10.3. The van der Waals surface area contributed by atoms with Gasteiger partial charge in [0.15, 0.2) is 5.11 Å². The minimum Gasteiger partial charge on any atom is -0.362 e. The van der Waals surface area contributed by atoms with Gasteiger partial charge in [-0.1, -0.05) is 60.6 Å². The summed E-state index contributed by atoms with van der Waals surface area (Å²) < 4.78 is 0. The van der Waals surface area contributed by atoms with E-state index in [2.05, 4.69) is 71.2 Å². The second-order valence-electron chi connectivity index (χ2n) is 7.04. The van der Waals surface area contributed by atoms with E-state index in [1.165, 1.54) is 22.4 Å². The minimum atomic E-state index is 0.472. The molecule has 124 valence electrons. The Bertz CT molecular complexity index is 475. The van der Waals surface area contributed by atoms with Gasteiger partial charge in [0.05, 0.1) is 0 Å². The molecule has 0 saturated carbocycles. The van der Waals surface area contributed by atoms with E-state index in [0.717, 1.165) is 18.1 Å². The monoisotopic (exact) mass is 320 g/mol. The largest absolute Gasteiger partial charge is 0.362 e. The van der Waals surface area contributed by atoms with Crippen LogP contribution in [0.5, 0.6) is 0 Å². The lowest BCUT2D eigenvalue weighted by Crippen LogP contribution is -2.32. The minimum absolute atomic E-state index is 0.472. The molecule has 0 saturated heterocycles. The molecular weight excluding hydrogens is 288 g/mol. The summed E-state index contributed by atoms with van der Waals surface area (Å²) in [6.45, 7) is 16.5. The number of thiocarbonyl (C=S) groups is 1. The molecule has 2 N–H and O–H groups in total. The fourth-order valence-corrected chi connectivity index (χ4v) is 2.65. The Labute approximate surface area is 142 Å². The van der Waals surface area contributed by atoms with Gasteiger partial charge in [0.2, 0.25) is 0 Å². The maximum Gasteiger partial charge on any atom is 0.170 e. The van der Waals surface area contributed by atoms with Gasteiger partial charge in [-0.25, -0.2) is 0 Å². The number of rotatable bonds is 6. The SMILES string of the molecule is CCc1cc(C(C)C)c(NC(=S)NCC(C)C)c(C(C)C)c1. The van der Waals surface area contributed by atoms with Crippen molar-refractivity contribution in [3.05, 3.63) is 28.8 Å². The van der Waals surface area contributed by atoms with E-state index in [1.807, 2.05) is 0 Å². The van der Waals surface area contributed by atoms with Gasteiger partial charge in [0.1, 0.15) is 0 Å². The smallest absolute Gasteiger partial charge is 0.170 e. The highest BCUT2D eigenvalue weighted by molar-refractivity contribution is 7.80. The highest BCUT2D eigenvalue weighted by atomic mass is 32.1. The second kappa shape index (κ2) is 8.52. The summed E-state index contributed by atoms with van der Waals surface area (Å²) in [5, 5.41) is 7.50. The van der Waals surface area contributed by atoms with Crippen LogP contribution in [-0.2, 0) is 6.42 Å². The van der Waals surface area contributed by atoms with Crippen LogP contribution in [0.25, 0.3) is 0 Å². The molecule has 2 nitrogen and oxygen atoms in total. The van der Waals surface area contributed by atoms with Crippen LogP contribution < -0.4 is 10.6 Å². The molecule has 0 heterocycles. The average Bonchev–Trinajstić information content (AvgIpc) is 2.44. The van der Waals surface area contributed by atoms with Crippen molar-refractivity contribution < 1.29 is 0 Å². The molecule has 0 aromatic heterocycles. The summed E-state index contributed by atoms with van der Waals surface area (Å²) in [5.74, 6) is 1.52. The highest BCUT2D eigenvalue weighted by Gasteiger charge is 2.16. The zero-order chi connectivity index (χ0) is 16.9. The molecule has 0 aliphatic rings. The molecule has 22 heavy (non-hydrogen) atoms. The van der Waals surface area contributed by atoms with Gasteiger partial charge in [0, 0.05) is 12.2 Å². The van der Waals surface area contributed by atoms with E-state index in [0.29, 0.717) is 17.8 Å². The van der Waals surface area contributed by atoms with Gasteiger partial charge >= 0.3 is 0 Å². The van der Waals surface area contributed by atoms with E-state index in [4.69, 9.17) is 12.2 Å². The quantitative estimate of drug-likeness (QED) is 0.683. The van der Waals surface area contributed by atoms with Crippen LogP contribution in [0, 0.1) is 5.92 Å². The molecule has 0 unspecified atom stereocenters. The van der Waals surface area contributed by atoms with Gasteiger partial charge < -0.3 is 10.6 Å². The van der Waals surface area contributed by atoms with Crippen LogP contribution in [0.1, 0.15) is 77.0 Å². The number of benzene rings is 1. The van der Waals surface area contributed by atoms with E-state index in [-0.39, 0.29) is 0 Å². The van der Waals surface area contributed by atoms with Gasteiger partial charge in [-0.3, -0.25) is 0 Å². The normalized spacial score (nSPS) is 11.4. The van der Waals surface area contributed by atoms with Crippen LogP contribution in [-0.4, -0.2) is 11.7 Å². The first kappa shape index (κ1) is 19.0. The summed E-state index contributed by atoms with van der Waals surface area (Å²) in [7, 11) is 0. The van der Waals surface area contributed by atoms with E-state index in [9.17, 15) is 0 Å². The first-order valence-corrected chi connectivity index (χ1v) is 8.88. The Morgan fingerprint density at radius 3 is 1.86 bits per heavy atom. The lowest BCUT2D eigenvalue weighted by atomic mass is 9.89. The molecule has 1 aromatic rings. The van der Waals surface area contributed by atoms with Crippen molar-refractivity contribution in [2.24, 2.45) is 5.92 Å². The van der Waals surface area contributed by atoms with Crippen molar-refractivity contribution >= 4 is 23.0 Å². The van der Waals surface area contributed by atoms with Crippen molar-refractivity contribution in [1.29, 1.82) is 0 Å². The molecular formula is C19H32N2S. The maximum absolute atomic E-state index is 5.49. The van der Waals surface area contributed by atoms with E-state index >= 15 is 0 Å². The highest BCUT2D eigenvalue weighted by Crippen LogP contribution is 2.34. The summed E-state index contributed by atoms with van der Waals surface area (Å²) in [6, 6.07) is 4.65. The third-order valence-corrected chi connectivity index (χ3v) is 4.07. The van der Waals surface area contributed by atoms with Crippen LogP contribution in [0.2, 0.25) is 0 Å². The first-order valence-electron chi connectivity index (χ1n) is 8.47. The molecule has 1 rings (SSSR count). The van der Waals surface area contributed by atoms with Gasteiger partial charge in [0.25, 0.3) is 0 Å². The zero-order valence-electron chi connectivity index (χ0n) is 15.2. The number of nitrogens with one attached hydrogen (secondary N) is 2. The molecule has 0 radical (unpaired) electrons. The third-order valence-electron chi connectivity index (χ3n) is 3.82. The Morgan fingerprint density at radius 2 is 1.50 bits per heavy atom. The molecule has 0 fully saturated rings. The van der Waals surface area contributed by atoms with Crippen LogP contribution >= 0.6 is 12.2 Å². The maximum atomic E-state index is 5.49. The average molecular weight is 321 g/mol. The Hall–Kier alpha value is -1.09. The zero-order valence-corrected chi connectivity index (χ0v) is 16.0. The molecule has 0 bridgehead atoms. The fourth-order valence-electron chi connectivity index (χ4n) is 2.47. The summed E-state index contributed by atoms with van der Waals surface area (Å²) in [4.78, 5) is 0. The van der Waals surface area contributed by atoms with Gasteiger partial charge in [-0.05, 0) is 53.1 Å². The predicted molar refractivity (Wildman–Crippen MR) is 103 cm³/mol. The Morgan fingerprint density at radius 1 is 1.00 bits per heavy atom. The predicted octanol–water partition coefficient (Wildman–Crippen LogP) is 5.44. The van der Waals surface area contributed by atoms with Crippen molar-refractivity contribution in [2.75, 3.05) is 11.9 Å². The summed E-state index contributed by atoms with van der Waals surface area (Å²) in [6.07, 6.45) is 1.07. The molecule has 0 spiro atoms. The summed E-state index contributed by atoms with van der Waals surface area (Å²) in [5.41, 5.74) is 5.32. The van der Waals surface area contributed by atoms with Gasteiger partial charge in [-0.15, -0.1) is 0 Å². The molecule has 3 heteroatoms. The molecule has 0 atom stereocenters. The van der Waals surface area contributed by atoms with Crippen molar-refractivity contribution in [1.82, 2.24) is 5.32 Å². The Balaban J connectivity index is 3.16. The second-order valence-corrected chi connectivity index (χ2v) is 7.45. The number of hydrogen-bond acceptors (Lipinski definition) is 1. The van der Waals surface area contributed by atoms with Crippen molar-refractivity contribution in [3.8, 4) is 0 Å². The lowest BCUT2D eigenvalue weighted by Gasteiger charge is -2.23. The number of anilines is 1.